The second-order valence-electron chi connectivity index (χ2n) is 6.66. The molecule has 0 bridgehead atoms. The van der Waals surface area contributed by atoms with E-state index in [0.717, 1.165) is 12.8 Å². The first-order valence-electron chi connectivity index (χ1n) is 8.77. The van der Waals surface area contributed by atoms with Crippen LogP contribution in [0.4, 0.5) is 0 Å². The highest BCUT2D eigenvalue weighted by Crippen LogP contribution is 2.36. The molecule has 1 atom stereocenters. The van der Waals surface area contributed by atoms with Gasteiger partial charge in [0.2, 0.25) is 5.75 Å². The minimum atomic E-state index is -0.733. The molecular weight excluding hydrogens is 340 g/mol. The van der Waals surface area contributed by atoms with Crippen molar-refractivity contribution in [3.8, 4) is 17.2 Å². The summed E-state index contributed by atoms with van der Waals surface area (Å²) in [6.45, 7) is 6.68. The molecule has 0 amide bonds. The predicted molar refractivity (Wildman–Crippen MR) is 95.0 cm³/mol. The van der Waals surface area contributed by atoms with E-state index in [9.17, 15) is 9.90 Å². The fourth-order valence-electron chi connectivity index (χ4n) is 2.75. The van der Waals surface area contributed by atoms with E-state index in [-0.39, 0.29) is 29.8 Å². The minimum Gasteiger partial charge on any atom is -0.504 e. The Morgan fingerprint density at radius 2 is 2.12 bits per heavy atom. The SMILES string of the molecule is CCCCOc1c(O)c2cccc(OCC3COC(C)(C)O3)c2oc1=O. The Kier molecular flexibility index (Phi) is 5.38. The summed E-state index contributed by atoms with van der Waals surface area (Å²) in [4.78, 5) is 12.2. The molecule has 26 heavy (non-hydrogen) atoms. The first kappa shape index (κ1) is 18.5. The Morgan fingerprint density at radius 3 is 2.81 bits per heavy atom. The van der Waals surface area contributed by atoms with Gasteiger partial charge >= 0.3 is 5.63 Å². The number of hydrogen-bond donors (Lipinski definition) is 1. The molecule has 2 aromatic rings. The number of rotatable bonds is 7. The van der Waals surface area contributed by atoms with Gasteiger partial charge < -0.3 is 28.5 Å². The molecular formula is C19H24O7. The van der Waals surface area contributed by atoms with E-state index in [1.807, 2.05) is 20.8 Å². The Morgan fingerprint density at radius 1 is 1.31 bits per heavy atom. The number of ether oxygens (including phenoxy) is 4. The van der Waals surface area contributed by atoms with Crippen molar-refractivity contribution in [2.75, 3.05) is 19.8 Å². The first-order valence-corrected chi connectivity index (χ1v) is 8.77. The third kappa shape index (κ3) is 3.94. The third-order valence-corrected chi connectivity index (χ3v) is 4.07. The zero-order valence-corrected chi connectivity index (χ0v) is 15.2. The fraction of sp³-hybridized carbons (Fsp3) is 0.526. The topological polar surface area (TPSA) is 87.4 Å². The Balaban J connectivity index is 1.82. The van der Waals surface area contributed by atoms with Crippen LogP contribution < -0.4 is 15.1 Å². The van der Waals surface area contributed by atoms with Gasteiger partial charge in [-0.25, -0.2) is 4.79 Å². The predicted octanol–water partition coefficient (Wildman–Crippen LogP) is 3.21. The maximum Gasteiger partial charge on any atom is 0.383 e. The van der Waals surface area contributed by atoms with Crippen LogP contribution in [0.3, 0.4) is 0 Å². The average molecular weight is 364 g/mol. The lowest BCUT2D eigenvalue weighted by Crippen LogP contribution is -2.25. The molecule has 1 aromatic carbocycles. The van der Waals surface area contributed by atoms with E-state index >= 15 is 0 Å². The molecule has 142 valence electrons. The van der Waals surface area contributed by atoms with Gasteiger partial charge in [-0.1, -0.05) is 19.4 Å². The Hall–Kier alpha value is -2.25. The molecule has 1 saturated heterocycles. The zero-order chi connectivity index (χ0) is 18.7. The number of fused-ring (bicyclic) bond motifs is 1. The fourth-order valence-corrected chi connectivity index (χ4v) is 2.75. The molecule has 1 unspecified atom stereocenters. The van der Waals surface area contributed by atoms with Crippen LogP contribution in [-0.2, 0) is 9.47 Å². The van der Waals surface area contributed by atoms with Crippen molar-refractivity contribution in [1.29, 1.82) is 0 Å². The van der Waals surface area contributed by atoms with Crippen LogP contribution in [0.2, 0.25) is 0 Å². The van der Waals surface area contributed by atoms with Gasteiger partial charge in [0.1, 0.15) is 12.7 Å². The summed E-state index contributed by atoms with van der Waals surface area (Å²) in [6, 6.07) is 5.03. The summed E-state index contributed by atoms with van der Waals surface area (Å²) in [7, 11) is 0. The van der Waals surface area contributed by atoms with Crippen LogP contribution in [0.1, 0.15) is 33.6 Å². The smallest absolute Gasteiger partial charge is 0.383 e. The lowest BCUT2D eigenvalue weighted by Gasteiger charge is -2.17. The van der Waals surface area contributed by atoms with Gasteiger partial charge in [-0.05, 0) is 32.4 Å². The van der Waals surface area contributed by atoms with Crippen molar-refractivity contribution in [1.82, 2.24) is 0 Å². The van der Waals surface area contributed by atoms with Crippen LogP contribution in [0.25, 0.3) is 11.0 Å². The van der Waals surface area contributed by atoms with E-state index in [0.29, 0.717) is 24.3 Å². The lowest BCUT2D eigenvalue weighted by atomic mass is 10.2. The summed E-state index contributed by atoms with van der Waals surface area (Å²) in [5, 5.41) is 10.8. The zero-order valence-electron chi connectivity index (χ0n) is 15.2. The maximum atomic E-state index is 12.2. The molecule has 0 aliphatic carbocycles. The molecule has 1 fully saturated rings. The van der Waals surface area contributed by atoms with E-state index < -0.39 is 11.4 Å². The van der Waals surface area contributed by atoms with E-state index in [4.69, 9.17) is 23.4 Å². The van der Waals surface area contributed by atoms with E-state index in [2.05, 4.69) is 0 Å². The molecule has 1 aromatic heterocycles. The number of para-hydroxylation sites is 1. The molecule has 0 spiro atoms. The highest BCUT2D eigenvalue weighted by Gasteiger charge is 2.33. The van der Waals surface area contributed by atoms with Crippen molar-refractivity contribution in [2.24, 2.45) is 0 Å². The normalized spacial score (nSPS) is 19.0. The molecule has 0 radical (unpaired) electrons. The summed E-state index contributed by atoms with van der Waals surface area (Å²) in [5.74, 6) is -0.692. The van der Waals surface area contributed by atoms with Gasteiger partial charge in [-0.2, -0.15) is 0 Å². The quantitative estimate of drug-likeness (QED) is 0.596. The molecule has 7 heteroatoms. The second kappa shape index (κ2) is 7.55. The Bertz CT molecular complexity index is 824. The van der Waals surface area contributed by atoms with Gasteiger partial charge in [0.15, 0.2) is 22.9 Å². The van der Waals surface area contributed by atoms with Crippen molar-refractivity contribution >= 4 is 11.0 Å². The van der Waals surface area contributed by atoms with Gasteiger partial charge in [0.25, 0.3) is 0 Å². The van der Waals surface area contributed by atoms with Crippen LogP contribution in [0.15, 0.2) is 27.4 Å². The number of benzene rings is 1. The van der Waals surface area contributed by atoms with E-state index in [1.54, 1.807) is 18.2 Å². The number of aromatic hydroxyl groups is 1. The van der Waals surface area contributed by atoms with Gasteiger partial charge in [-0.3, -0.25) is 0 Å². The highest BCUT2D eigenvalue weighted by molar-refractivity contribution is 5.89. The average Bonchev–Trinajstić information content (AvgIpc) is 2.95. The lowest BCUT2D eigenvalue weighted by molar-refractivity contribution is -0.141. The third-order valence-electron chi connectivity index (χ3n) is 4.07. The molecule has 2 heterocycles. The summed E-state index contributed by atoms with van der Waals surface area (Å²) >= 11 is 0. The van der Waals surface area contributed by atoms with Gasteiger partial charge in [-0.15, -0.1) is 0 Å². The van der Waals surface area contributed by atoms with Crippen LogP contribution >= 0.6 is 0 Å². The summed E-state index contributed by atoms with van der Waals surface area (Å²) in [6.07, 6.45) is 1.47. The maximum absolute atomic E-state index is 12.2. The largest absolute Gasteiger partial charge is 0.504 e. The summed E-state index contributed by atoms with van der Waals surface area (Å²) in [5.41, 5.74) is -0.556. The van der Waals surface area contributed by atoms with Crippen LogP contribution in [-0.4, -0.2) is 36.8 Å². The molecule has 0 saturated carbocycles. The monoisotopic (exact) mass is 364 g/mol. The molecule has 1 aliphatic heterocycles. The van der Waals surface area contributed by atoms with Crippen molar-refractivity contribution < 1.29 is 28.5 Å². The Labute approximate surface area is 151 Å². The highest BCUT2D eigenvalue weighted by atomic mass is 16.7. The standard InChI is InChI=1S/C19H24O7/c1-4-5-9-22-17-15(20)13-7-6-8-14(16(13)25-18(17)21)23-10-12-11-24-19(2,3)26-12/h6-8,12,20H,4-5,9-11H2,1-3H3. The second-order valence-corrected chi connectivity index (χ2v) is 6.66. The molecule has 1 N–H and O–H groups in total. The number of unbranched alkanes of at least 4 members (excludes halogenated alkanes) is 1. The molecule has 3 rings (SSSR count). The first-order chi connectivity index (χ1) is 12.4. The number of hydrogen-bond acceptors (Lipinski definition) is 7. The van der Waals surface area contributed by atoms with Crippen LogP contribution in [0.5, 0.6) is 17.2 Å². The summed E-state index contributed by atoms with van der Waals surface area (Å²) < 4.78 is 27.7. The molecule has 7 nitrogen and oxygen atoms in total. The van der Waals surface area contributed by atoms with Crippen molar-refractivity contribution in [3.05, 3.63) is 28.6 Å². The van der Waals surface area contributed by atoms with Crippen molar-refractivity contribution in [2.45, 2.75) is 45.5 Å². The van der Waals surface area contributed by atoms with Crippen molar-refractivity contribution in [3.63, 3.8) is 0 Å². The minimum absolute atomic E-state index is 0.169. The van der Waals surface area contributed by atoms with E-state index in [1.165, 1.54) is 0 Å². The van der Waals surface area contributed by atoms with Gasteiger partial charge in [0.05, 0.1) is 18.6 Å². The van der Waals surface area contributed by atoms with Crippen LogP contribution in [0, 0.1) is 0 Å². The molecule has 1 aliphatic rings. The van der Waals surface area contributed by atoms with Gasteiger partial charge in [0, 0.05) is 0 Å².